The van der Waals surface area contributed by atoms with E-state index in [1.807, 2.05) is 18.9 Å². The summed E-state index contributed by atoms with van der Waals surface area (Å²) in [6.45, 7) is 8.15. The fourth-order valence-corrected chi connectivity index (χ4v) is 2.93. The third-order valence-corrected chi connectivity index (χ3v) is 4.67. The normalized spacial score (nSPS) is 12.3. The molecule has 2 aromatic rings. The number of ketones is 1. The van der Waals surface area contributed by atoms with Gasteiger partial charge in [0.05, 0.1) is 24.4 Å². The summed E-state index contributed by atoms with van der Waals surface area (Å²) in [5.41, 5.74) is 4.58. The Balaban J connectivity index is 2.19. The van der Waals surface area contributed by atoms with Gasteiger partial charge < -0.3 is 9.72 Å². The first-order valence-electron chi connectivity index (χ1n) is 8.33. The molecule has 25 heavy (non-hydrogen) atoms. The number of aryl methyl sites for hydroxylation is 2. The summed E-state index contributed by atoms with van der Waals surface area (Å²) in [6.07, 6.45) is 0. The minimum atomic E-state index is -0.425. The highest BCUT2D eigenvalue weighted by Crippen LogP contribution is 2.21. The van der Waals surface area contributed by atoms with Gasteiger partial charge in [-0.15, -0.1) is 0 Å². The lowest BCUT2D eigenvalue weighted by Gasteiger charge is -2.23. The van der Waals surface area contributed by atoms with Gasteiger partial charge in [0.15, 0.2) is 5.78 Å². The second-order valence-electron chi connectivity index (χ2n) is 6.56. The lowest BCUT2D eigenvalue weighted by atomic mass is 10.0. The van der Waals surface area contributed by atoms with Gasteiger partial charge in [0.2, 0.25) is 0 Å². The second kappa shape index (κ2) is 7.66. The topological polar surface area (TPSA) is 62.4 Å². The lowest BCUT2D eigenvalue weighted by molar-refractivity contribution is 0.0599. The molecule has 0 spiro atoms. The number of ether oxygens (including phenoxy) is 1. The van der Waals surface area contributed by atoms with Crippen LogP contribution in [-0.2, 0) is 11.3 Å². The molecule has 1 aromatic carbocycles. The number of methoxy groups -OCH3 is 1. The van der Waals surface area contributed by atoms with Crippen molar-refractivity contribution >= 4 is 11.8 Å². The van der Waals surface area contributed by atoms with Gasteiger partial charge >= 0.3 is 5.97 Å². The first-order valence-corrected chi connectivity index (χ1v) is 8.33. The van der Waals surface area contributed by atoms with Crippen LogP contribution < -0.4 is 0 Å². The number of hydrogen-bond acceptors (Lipinski definition) is 4. The van der Waals surface area contributed by atoms with E-state index in [2.05, 4.69) is 36.2 Å². The maximum Gasteiger partial charge on any atom is 0.339 e. The molecule has 5 heteroatoms. The molecular weight excluding hydrogens is 316 g/mol. The first kappa shape index (κ1) is 18.9. The van der Waals surface area contributed by atoms with Gasteiger partial charge in [-0.2, -0.15) is 0 Å². The Morgan fingerprint density at radius 2 is 1.76 bits per heavy atom. The minimum absolute atomic E-state index is 0.0367. The van der Waals surface area contributed by atoms with E-state index in [0.717, 1.165) is 5.56 Å². The fraction of sp³-hybridized carbons (Fsp3) is 0.400. The molecule has 1 atom stereocenters. The smallest absolute Gasteiger partial charge is 0.339 e. The molecule has 1 heterocycles. The lowest BCUT2D eigenvalue weighted by Crippen LogP contribution is -2.36. The predicted molar refractivity (Wildman–Crippen MR) is 98.0 cm³/mol. The van der Waals surface area contributed by atoms with Crippen LogP contribution in [0.4, 0.5) is 0 Å². The number of carbonyl (C=O) groups excluding carboxylic acids is 2. The van der Waals surface area contributed by atoms with Crippen LogP contribution in [0.2, 0.25) is 0 Å². The van der Waals surface area contributed by atoms with Crippen molar-refractivity contribution < 1.29 is 14.3 Å². The maximum absolute atomic E-state index is 12.9. The van der Waals surface area contributed by atoms with Crippen molar-refractivity contribution in [1.29, 1.82) is 0 Å². The van der Waals surface area contributed by atoms with Gasteiger partial charge in [-0.05, 0) is 45.9 Å². The number of likely N-dealkylation sites (N-methyl/N-ethyl adjacent to an activating group) is 1. The third kappa shape index (κ3) is 3.99. The Morgan fingerprint density at radius 1 is 1.16 bits per heavy atom. The molecule has 0 fully saturated rings. The molecule has 0 radical (unpaired) electrons. The standard InChI is InChI=1S/C20H26N2O3/c1-12-7-9-16(10-8-12)11-22(5)15(4)19(23)18-13(2)17(14(3)21-18)20(24)25-6/h7-10,15,21H,11H2,1-6H3/t15-/m1/s1. The summed E-state index contributed by atoms with van der Waals surface area (Å²) in [6, 6.07) is 7.96. The zero-order valence-corrected chi connectivity index (χ0v) is 15.8. The molecule has 0 unspecified atom stereocenters. The van der Waals surface area contributed by atoms with Crippen molar-refractivity contribution in [2.24, 2.45) is 0 Å². The average molecular weight is 342 g/mol. The Kier molecular flexibility index (Phi) is 5.80. The van der Waals surface area contributed by atoms with Gasteiger partial charge in [-0.1, -0.05) is 29.8 Å². The van der Waals surface area contributed by atoms with E-state index >= 15 is 0 Å². The van der Waals surface area contributed by atoms with E-state index < -0.39 is 5.97 Å². The number of carbonyl (C=O) groups is 2. The molecule has 1 aromatic heterocycles. The van der Waals surface area contributed by atoms with Crippen molar-refractivity contribution in [2.45, 2.75) is 40.3 Å². The number of hydrogen-bond donors (Lipinski definition) is 1. The van der Waals surface area contributed by atoms with E-state index in [9.17, 15) is 9.59 Å². The zero-order valence-electron chi connectivity index (χ0n) is 15.8. The number of benzene rings is 1. The minimum Gasteiger partial charge on any atom is -0.465 e. The van der Waals surface area contributed by atoms with E-state index in [1.165, 1.54) is 12.7 Å². The summed E-state index contributed by atoms with van der Waals surface area (Å²) in [4.78, 5) is 29.9. The van der Waals surface area contributed by atoms with Crippen LogP contribution in [0.15, 0.2) is 24.3 Å². The van der Waals surface area contributed by atoms with Crippen molar-refractivity contribution in [1.82, 2.24) is 9.88 Å². The Morgan fingerprint density at radius 3 is 2.32 bits per heavy atom. The Labute approximate surface area is 149 Å². The number of esters is 1. The Bertz CT molecular complexity index is 775. The van der Waals surface area contributed by atoms with Gasteiger partial charge in [0.1, 0.15) is 0 Å². The van der Waals surface area contributed by atoms with Crippen LogP contribution in [0.1, 0.15) is 50.2 Å². The first-order chi connectivity index (χ1) is 11.8. The quantitative estimate of drug-likeness (QED) is 0.645. The second-order valence-corrected chi connectivity index (χ2v) is 6.56. The van der Waals surface area contributed by atoms with Gasteiger partial charge in [0, 0.05) is 12.2 Å². The van der Waals surface area contributed by atoms with Crippen LogP contribution in [0, 0.1) is 20.8 Å². The largest absolute Gasteiger partial charge is 0.465 e. The van der Waals surface area contributed by atoms with E-state index in [1.54, 1.807) is 13.8 Å². The van der Waals surface area contributed by atoms with Crippen molar-refractivity contribution in [3.8, 4) is 0 Å². The summed E-state index contributed by atoms with van der Waals surface area (Å²) in [7, 11) is 3.27. The molecule has 0 amide bonds. The van der Waals surface area contributed by atoms with Gasteiger partial charge in [-0.25, -0.2) is 4.79 Å². The highest BCUT2D eigenvalue weighted by Gasteiger charge is 2.27. The predicted octanol–water partition coefficient (Wildman–Crippen LogP) is 3.43. The number of H-pyrrole nitrogens is 1. The van der Waals surface area contributed by atoms with Crippen LogP contribution in [0.3, 0.4) is 0 Å². The number of nitrogens with zero attached hydrogens (tertiary/aromatic N) is 1. The molecule has 1 N–H and O–H groups in total. The molecular formula is C20H26N2O3. The van der Waals surface area contributed by atoms with Crippen molar-refractivity contribution in [2.75, 3.05) is 14.2 Å². The maximum atomic E-state index is 12.9. The molecule has 0 aliphatic heterocycles. The fourth-order valence-electron chi connectivity index (χ4n) is 2.93. The number of nitrogens with one attached hydrogen (secondary N) is 1. The van der Waals surface area contributed by atoms with Crippen LogP contribution in [0.5, 0.6) is 0 Å². The number of Topliss-reactive ketones (excluding diaryl/α,β-unsaturated/α-hetero) is 1. The van der Waals surface area contributed by atoms with Crippen LogP contribution >= 0.6 is 0 Å². The molecule has 0 saturated heterocycles. The van der Waals surface area contributed by atoms with Gasteiger partial charge in [0.25, 0.3) is 0 Å². The van der Waals surface area contributed by atoms with Crippen molar-refractivity contribution in [3.05, 3.63) is 57.9 Å². The molecule has 0 saturated carbocycles. The molecule has 0 aliphatic rings. The highest BCUT2D eigenvalue weighted by molar-refractivity contribution is 6.03. The summed E-state index contributed by atoms with van der Waals surface area (Å²) < 4.78 is 4.81. The SMILES string of the molecule is COC(=O)c1c(C)[nH]c(C(=O)[C@@H](C)N(C)Cc2ccc(C)cc2)c1C. The van der Waals surface area contributed by atoms with E-state index in [0.29, 0.717) is 29.1 Å². The Hall–Kier alpha value is -2.40. The molecule has 0 aliphatic carbocycles. The summed E-state index contributed by atoms with van der Waals surface area (Å²) >= 11 is 0. The third-order valence-electron chi connectivity index (χ3n) is 4.67. The average Bonchev–Trinajstić information content (AvgIpc) is 2.89. The summed E-state index contributed by atoms with van der Waals surface area (Å²) in [5.74, 6) is -0.462. The zero-order chi connectivity index (χ0) is 18.7. The highest BCUT2D eigenvalue weighted by atomic mass is 16.5. The van der Waals surface area contributed by atoms with E-state index in [4.69, 9.17) is 4.74 Å². The van der Waals surface area contributed by atoms with Gasteiger partial charge in [-0.3, -0.25) is 9.69 Å². The number of rotatable bonds is 6. The van der Waals surface area contributed by atoms with Crippen molar-refractivity contribution in [3.63, 3.8) is 0 Å². The van der Waals surface area contributed by atoms with Crippen LogP contribution in [-0.4, -0.2) is 41.8 Å². The van der Waals surface area contributed by atoms with Crippen LogP contribution in [0.25, 0.3) is 0 Å². The number of aromatic amines is 1. The number of aromatic nitrogens is 1. The molecule has 0 bridgehead atoms. The molecule has 134 valence electrons. The molecule has 2 rings (SSSR count). The monoisotopic (exact) mass is 342 g/mol. The summed E-state index contributed by atoms with van der Waals surface area (Å²) in [5, 5.41) is 0. The van der Waals surface area contributed by atoms with E-state index in [-0.39, 0.29) is 11.8 Å². The molecule has 5 nitrogen and oxygen atoms in total.